The van der Waals surface area contributed by atoms with E-state index in [0.29, 0.717) is 37.7 Å². The maximum Gasteiger partial charge on any atom is 0.246 e. The lowest BCUT2D eigenvalue weighted by molar-refractivity contribution is -0.148. The molecule has 44 nitrogen and oxygen atoms in total. The number of amides is 14. The van der Waals surface area contributed by atoms with E-state index in [-0.39, 0.29) is 178 Å². The predicted molar refractivity (Wildman–Crippen MR) is 424 cm³/mol. The third-order valence-corrected chi connectivity index (χ3v) is 19.3. The SMILES string of the molecule is CC[C@H](C)[C@@H]1NC(=O)[C@H](CCCN=C(N)N)NC(=O)[C@H](CCCN=C(N)N)NC(=O)[C@H](CCCCN)NC(=O)CNC(=O)[C@H](CCCN=C(N)N)NC(=O)[C@H]([C@@H](C)O)NC(=O)CNC(=O)[C@H](CCCN=C(N)N)NC(=O)[C@H](CCCCN)NC(=O)[C@@H]2CCCN2C(=O)[C@H]2CCCN2C(=O)[C@H](Cc2ccc(O)cc2)NC(=O)CNC1=O. The van der Waals surface area contributed by atoms with Crippen molar-refractivity contribution in [1.82, 2.24) is 73.6 Å². The van der Waals surface area contributed by atoms with E-state index in [9.17, 15) is 72.5 Å². The Bertz CT molecular complexity index is 3550. The van der Waals surface area contributed by atoms with Gasteiger partial charge in [-0.25, -0.2) is 0 Å². The second-order valence-electron chi connectivity index (χ2n) is 28.5. The fourth-order valence-electron chi connectivity index (χ4n) is 12.9. The molecule has 0 radical (unpaired) electrons. The van der Waals surface area contributed by atoms with Crippen molar-refractivity contribution in [2.45, 2.75) is 222 Å². The van der Waals surface area contributed by atoms with E-state index in [4.69, 9.17) is 57.3 Å². The number of aromatic hydroxyl groups is 1. The molecule has 0 spiro atoms. The number of aliphatic hydroxyl groups excluding tert-OH is 1. The Morgan fingerprint density at radius 2 is 0.757 bits per heavy atom. The lowest BCUT2D eigenvalue weighted by atomic mass is 9.97. The van der Waals surface area contributed by atoms with Gasteiger partial charge in [0.2, 0.25) is 82.7 Å². The molecule has 0 unspecified atom stereocenters. The zero-order valence-corrected chi connectivity index (χ0v) is 65.8. The summed E-state index contributed by atoms with van der Waals surface area (Å²) in [4.78, 5) is 220. The molecular weight excluding hydrogens is 1500 g/mol. The Kier molecular flexibility index (Phi) is 42.2. The molecule has 13 atom stereocenters. The first-order valence-electron chi connectivity index (χ1n) is 38.9. The number of phenolic OH excluding ortho intramolecular Hbond substituents is 1. The van der Waals surface area contributed by atoms with Gasteiger partial charge >= 0.3 is 0 Å². The summed E-state index contributed by atoms with van der Waals surface area (Å²) in [6.45, 7) is 2.37. The van der Waals surface area contributed by atoms with Gasteiger partial charge in [0.25, 0.3) is 0 Å². The smallest absolute Gasteiger partial charge is 0.246 e. The normalized spacial score (nSPS) is 24.2. The molecule has 1 aromatic rings. The molecule has 0 saturated carbocycles. The Balaban J connectivity index is 1.84. The van der Waals surface area contributed by atoms with E-state index < -0.39 is 181 Å². The molecule has 14 amide bonds. The summed E-state index contributed by atoms with van der Waals surface area (Å²) in [7, 11) is 0. The first-order valence-corrected chi connectivity index (χ1v) is 38.9. The van der Waals surface area contributed by atoms with Crippen molar-refractivity contribution in [2.75, 3.05) is 72.0 Å². The minimum absolute atomic E-state index is 0.0116. The topological polar surface area (TPSA) is 740 Å². The molecule has 4 rings (SSSR count). The highest BCUT2D eigenvalue weighted by atomic mass is 16.3. The Morgan fingerprint density at radius 1 is 0.409 bits per heavy atom. The molecule has 3 fully saturated rings. The third-order valence-electron chi connectivity index (χ3n) is 19.3. The number of hydrogen-bond acceptors (Lipinski definition) is 22. The number of nitrogens with zero attached hydrogens (tertiary/aromatic N) is 6. The zero-order chi connectivity index (χ0) is 85.3. The number of rotatable bonds is 29. The fraction of sp³-hybridized carbons (Fsp3) is 0.662. The van der Waals surface area contributed by atoms with E-state index in [2.05, 4.69) is 83.8 Å². The van der Waals surface area contributed by atoms with Crippen LogP contribution in [0.4, 0.5) is 0 Å². The maximum absolute atomic E-state index is 15.0. The van der Waals surface area contributed by atoms with Crippen LogP contribution in [-0.2, 0) is 73.5 Å². The van der Waals surface area contributed by atoms with Crippen LogP contribution in [0.25, 0.3) is 0 Å². The van der Waals surface area contributed by atoms with E-state index >= 15 is 4.79 Å². The monoisotopic (exact) mass is 1620 g/mol. The molecule has 115 heavy (non-hydrogen) atoms. The van der Waals surface area contributed by atoms with Crippen molar-refractivity contribution in [3.8, 4) is 5.75 Å². The van der Waals surface area contributed by atoms with Crippen LogP contribution in [-0.4, -0.2) is 271 Å². The molecule has 3 aliphatic rings. The summed E-state index contributed by atoms with van der Waals surface area (Å²) in [5.74, 6) is -14.3. The maximum atomic E-state index is 15.0. The van der Waals surface area contributed by atoms with Crippen molar-refractivity contribution in [3.05, 3.63) is 29.8 Å². The third kappa shape index (κ3) is 34.4. The number of carbonyl (C=O) groups is 14. The summed E-state index contributed by atoms with van der Waals surface area (Å²) < 4.78 is 0. The lowest BCUT2D eigenvalue weighted by Gasteiger charge is -2.33. The summed E-state index contributed by atoms with van der Waals surface area (Å²) in [6, 6.07) is -9.89. The molecule has 0 aromatic heterocycles. The van der Waals surface area contributed by atoms with Gasteiger partial charge in [-0.1, -0.05) is 32.4 Å². The van der Waals surface area contributed by atoms with E-state index in [1.54, 1.807) is 13.8 Å². The average Bonchev–Trinajstić information content (AvgIpc) is 1.67. The lowest BCUT2D eigenvalue weighted by Crippen LogP contribution is -2.60. The number of guanidine groups is 4. The van der Waals surface area contributed by atoms with Gasteiger partial charge in [0, 0.05) is 45.7 Å². The van der Waals surface area contributed by atoms with Gasteiger partial charge in [-0.3, -0.25) is 87.1 Å². The highest BCUT2D eigenvalue weighted by molar-refractivity contribution is 6.00. The minimum atomic E-state index is -1.82. The van der Waals surface area contributed by atoms with E-state index in [1.165, 1.54) is 34.1 Å². The quantitative estimate of drug-likeness (QED) is 0.0201. The number of aliphatic hydroxyl groups is 1. The molecule has 0 bridgehead atoms. The van der Waals surface area contributed by atoms with Gasteiger partial charge in [0.1, 0.15) is 72.2 Å². The number of nitrogens with one attached hydrogen (secondary N) is 12. The largest absolute Gasteiger partial charge is 0.508 e. The molecule has 3 heterocycles. The van der Waals surface area contributed by atoms with Gasteiger partial charge in [-0.05, 0) is 159 Å². The van der Waals surface area contributed by atoms with Gasteiger partial charge in [-0.2, -0.15) is 0 Å². The number of aliphatic imine (C=N–C) groups is 4. The molecular formula is C71H122N28O16. The Morgan fingerprint density at radius 3 is 1.17 bits per heavy atom. The van der Waals surface area contributed by atoms with Crippen LogP contribution in [0.3, 0.4) is 0 Å². The number of hydrogen-bond donors (Lipinski definition) is 24. The van der Waals surface area contributed by atoms with Crippen LogP contribution < -0.4 is 121 Å². The molecule has 1 aromatic carbocycles. The van der Waals surface area contributed by atoms with E-state index in [0.717, 1.165) is 6.92 Å². The number of nitrogens with two attached hydrogens (primary N) is 10. The van der Waals surface area contributed by atoms with Crippen LogP contribution in [0, 0.1) is 5.92 Å². The molecule has 642 valence electrons. The molecule has 3 saturated heterocycles. The predicted octanol–water partition coefficient (Wildman–Crippen LogP) is -9.46. The summed E-state index contributed by atoms with van der Waals surface area (Å²) in [5, 5.41) is 52.0. The van der Waals surface area contributed by atoms with Gasteiger partial charge < -0.3 is 141 Å². The Labute approximate surface area is 667 Å². The van der Waals surface area contributed by atoms with Crippen molar-refractivity contribution in [1.29, 1.82) is 0 Å². The van der Waals surface area contributed by atoms with Crippen LogP contribution in [0.15, 0.2) is 44.2 Å². The number of benzene rings is 1. The summed E-state index contributed by atoms with van der Waals surface area (Å²) in [5.41, 5.74) is 56.8. The highest BCUT2D eigenvalue weighted by Gasteiger charge is 2.45. The number of unbranched alkanes of at least 4 members (excludes halogenated alkanes) is 2. The van der Waals surface area contributed by atoms with Crippen molar-refractivity contribution in [2.24, 2.45) is 83.2 Å². The van der Waals surface area contributed by atoms with Crippen molar-refractivity contribution in [3.63, 3.8) is 0 Å². The second-order valence-corrected chi connectivity index (χ2v) is 28.5. The van der Waals surface area contributed by atoms with Crippen LogP contribution in [0.2, 0.25) is 0 Å². The first-order chi connectivity index (χ1) is 54.7. The highest BCUT2D eigenvalue weighted by Crippen LogP contribution is 2.27. The van der Waals surface area contributed by atoms with Gasteiger partial charge in [-0.15, -0.1) is 0 Å². The second kappa shape index (κ2) is 50.6. The standard InChI is InChI=1S/C71H122N28O16/c1-4-39(2)55-64(112)88-37-53(103)90-49(35-41-23-25-42(101)26-24-41)66(114)99-34-14-22-51(99)67(115)98-33-13-21-50(98)63(111)94-46(16-6-8-28-73)60(108)91-43(17-9-29-82-68(74)75)57(105)87-38-54(104)96-56(40(3)100)65(113)95-44(18-10-30-83-69(76)77)58(106)86-36-52(102)89-45(15-5-7-27-72)59(107)92-47(19-11-31-84-70(78)79)61(109)93-48(62(110)97-55)20-12-32-85-71(80)81/h23-26,39-40,43-51,55-56,100-101H,4-22,27-38,72-73H2,1-3H3,(H,86,106)(H,87,105)(H,88,112)(H,89,102)(H,90,103)(H,91,108)(H,92,107)(H,93,109)(H,94,111)(H,95,113)(H,96,104)(H,97,110)(H4,74,75,82)(H4,76,77,83)(H4,78,79,84)(H4,80,81,85)/t39-,40+,43-,44-,45-,46-,47-,48-,49-,50-,51+,55-,56-/m0/s1. The van der Waals surface area contributed by atoms with Gasteiger partial charge in [0.15, 0.2) is 23.8 Å². The van der Waals surface area contributed by atoms with E-state index in [1.807, 2.05) is 0 Å². The average molecular weight is 1620 g/mol. The number of fused-ring (bicyclic) bond motifs is 2. The van der Waals surface area contributed by atoms with Crippen molar-refractivity contribution < 1.29 is 77.3 Å². The van der Waals surface area contributed by atoms with Crippen LogP contribution in [0.5, 0.6) is 5.75 Å². The number of phenols is 1. The van der Waals surface area contributed by atoms with Gasteiger partial charge in [0.05, 0.1) is 25.7 Å². The first kappa shape index (κ1) is 95.9. The molecule has 0 aliphatic carbocycles. The van der Waals surface area contributed by atoms with Crippen molar-refractivity contribution >= 4 is 107 Å². The summed E-state index contributed by atoms with van der Waals surface area (Å²) >= 11 is 0. The minimum Gasteiger partial charge on any atom is -0.508 e. The molecule has 34 N–H and O–H groups in total. The zero-order valence-electron chi connectivity index (χ0n) is 65.8. The van der Waals surface area contributed by atoms with Crippen LogP contribution in [0.1, 0.15) is 148 Å². The number of carbonyl (C=O) groups excluding carboxylic acids is 14. The van der Waals surface area contributed by atoms with Crippen LogP contribution >= 0.6 is 0 Å². The molecule has 3 aliphatic heterocycles. The molecule has 44 heteroatoms. The summed E-state index contributed by atoms with van der Waals surface area (Å²) in [6.07, 6.45) is 0.0845. The Hall–Kier alpha value is -11.4. The fourth-order valence-corrected chi connectivity index (χ4v) is 12.9.